The van der Waals surface area contributed by atoms with Crippen molar-refractivity contribution in [2.24, 2.45) is 11.8 Å². The number of hydrogen-bond donors (Lipinski definition) is 5. The third-order valence-corrected chi connectivity index (χ3v) is 4.68. The van der Waals surface area contributed by atoms with E-state index < -0.39 is 48.4 Å². The number of amides is 2. The molecule has 0 saturated carbocycles. The van der Waals surface area contributed by atoms with Gasteiger partial charge in [-0.1, -0.05) is 44.2 Å². The van der Waals surface area contributed by atoms with Crippen LogP contribution in [0.1, 0.15) is 45.1 Å². The quantitative estimate of drug-likeness (QED) is 0.169. The van der Waals surface area contributed by atoms with E-state index >= 15 is 0 Å². The number of carboxylic acid groups (broad SMARTS) is 2. The molecule has 6 N–H and O–H groups in total. The summed E-state index contributed by atoms with van der Waals surface area (Å²) in [5.74, 6) is 1.36. The zero-order valence-electron chi connectivity index (χ0n) is 17.7. The van der Waals surface area contributed by atoms with Gasteiger partial charge in [-0.2, -0.15) is 0 Å². The lowest BCUT2D eigenvalue weighted by Gasteiger charge is -2.29. The highest BCUT2D eigenvalue weighted by Gasteiger charge is 2.34. The summed E-state index contributed by atoms with van der Waals surface area (Å²) >= 11 is 0. The van der Waals surface area contributed by atoms with Crippen LogP contribution in [0.2, 0.25) is 0 Å². The largest absolute Gasteiger partial charge is 0.481 e. The van der Waals surface area contributed by atoms with Crippen LogP contribution in [-0.2, 0) is 25.6 Å². The second-order valence-corrected chi connectivity index (χ2v) is 7.76. The van der Waals surface area contributed by atoms with E-state index in [1.165, 1.54) is 0 Å². The number of aryl methyl sites for hydroxylation is 1. The van der Waals surface area contributed by atoms with Crippen molar-refractivity contribution in [1.29, 1.82) is 0 Å². The van der Waals surface area contributed by atoms with Gasteiger partial charge in [-0.05, 0) is 37.2 Å². The van der Waals surface area contributed by atoms with Crippen molar-refractivity contribution in [3.05, 3.63) is 35.9 Å². The number of carboxylic acids is 2. The number of nitrogens with one attached hydrogen (secondary N) is 1. The molecule has 0 saturated heterocycles. The van der Waals surface area contributed by atoms with Crippen LogP contribution in [0.5, 0.6) is 0 Å². The number of rotatable bonds is 13. The van der Waals surface area contributed by atoms with Gasteiger partial charge in [0.25, 0.3) is 5.91 Å². The zero-order valence-corrected chi connectivity index (χ0v) is 17.7. The van der Waals surface area contributed by atoms with Crippen LogP contribution < -0.4 is 11.2 Å². The molecule has 0 bridgehead atoms. The third-order valence-electron chi connectivity index (χ3n) is 4.68. The van der Waals surface area contributed by atoms with E-state index in [-0.39, 0.29) is 25.2 Å². The van der Waals surface area contributed by atoms with Gasteiger partial charge in [0.05, 0.1) is 0 Å². The Morgan fingerprint density at radius 2 is 1.68 bits per heavy atom. The molecule has 1 aromatic carbocycles. The first-order valence-corrected chi connectivity index (χ1v) is 10.1. The molecular weight excluding hydrogens is 406 g/mol. The summed E-state index contributed by atoms with van der Waals surface area (Å²) in [4.78, 5) is 47.5. The van der Waals surface area contributed by atoms with E-state index in [1.807, 2.05) is 30.3 Å². The van der Waals surface area contributed by atoms with Crippen LogP contribution in [0.25, 0.3) is 0 Å². The Kier molecular flexibility index (Phi) is 10.6. The number of aliphatic carboxylic acids is 2. The molecule has 1 rings (SSSR count). The Hall–Kier alpha value is -2.98. The fourth-order valence-corrected chi connectivity index (χ4v) is 3.02. The molecule has 0 heterocycles. The second kappa shape index (κ2) is 12.7. The minimum atomic E-state index is -1.56. The SMILES string of the molecule is CC(C)C[C@H](NC(=O)[C@@H](O)CCc1ccccc1)C(=O)N(N)[C@@H](CCC(=O)O)C(=O)O. The minimum Gasteiger partial charge on any atom is -0.481 e. The van der Waals surface area contributed by atoms with Crippen LogP contribution in [-0.4, -0.2) is 62.3 Å². The van der Waals surface area contributed by atoms with Crippen molar-refractivity contribution in [3.8, 4) is 0 Å². The lowest BCUT2D eigenvalue weighted by atomic mass is 10.0. The molecule has 0 aliphatic carbocycles. The molecule has 2 amide bonds. The van der Waals surface area contributed by atoms with Gasteiger partial charge in [-0.25, -0.2) is 10.6 Å². The standard InChI is InChI=1S/C21H31N3O7/c1-13(2)12-15(20(29)24(22)16(21(30)31)9-11-18(26)27)23-19(28)17(25)10-8-14-6-4-3-5-7-14/h3-7,13,15-17,25H,8-12,22H2,1-2H3,(H,23,28)(H,26,27)(H,30,31)/t15-,16-,17-/m0/s1. The molecule has 31 heavy (non-hydrogen) atoms. The van der Waals surface area contributed by atoms with E-state index in [0.29, 0.717) is 11.4 Å². The molecule has 172 valence electrons. The highest BCUT2D eigenvalue weighted by Crippen LogP contribution is 2.12. The predicted molar refractivity (Wildman–Crippen MR) is 111 cm³/mol. The molecule has 3 atom stereocenters. The van der Waals surface area contributed by atoms with Crippen molar-refractivity contribution in [3.63, 3.8) is 0 Å². The topological polar surface area (TPSA) is 170 Å². The maximum Gasteiger partial charge on any atom is 0.328 e. The van der Waals surface area contributed by atoms with Gasteiger partial charge < -0.3 is 20.6 Å². The molecular formula is C21H31N3O7. The van der Waals surface area contributed by atoms with Gasteiger partial charge in [0.15, 0.2) is 0 Å². The van der Waals surface area contributed by atoms with Crippen LogP contribution in [0.4, 0.5) is 0 Å². The zero-order chi connectivity index (χ0) is 23.6. The van der Waals surface area contributed by atoms with Gasteiger partial charge in [-0.3, -0.25) is 19.4 Å². The average Bonchev–Trinajstić information content (AvgIpc) is 2.70. The van der Waals surface area contributed by atoms with Crippen LogP contribution in [0.3, 0.4) is 0 Å². The van der Waals surface area contributed by atoms with Crippen LogP contribution in [0, 0.1) is 5.92 Å². The highest BCUT2D eigenvalue weighted by molar-refractivity contribution is 5.91. The first-order valence-electron chi connectivity index (χ1n) is 10.1. The van der Waals surface area contributed by atoms with Gasteiger partial charge in [0.2, 0.25) is 5.91 Å². The number of nitrogens with two attached hydrogens (primary N) is 1. The maximum absolute atomic E-state index is 12.8. The first kappa shape index (κ1) is 26.1. The van der Waals surface area contributed by atoms with E-state index in [9.17, 15) is 29.4 Å². The van der Waals surface area contributed by atoms with E-state index in [2.05, 4.69) is 5.32 Å². The Labute approximate surface area is 181 Å². The summed E-state index contributed by atoms with van der Waals surface area (Å²) in [5, 5.41) is 31.2. The summed E-state index contributed by atoms with van der Waals surface area (Å²) in [5.41, 5.74) is 0.944. The van der Waals surface area contributed by atoms with Gasteiger partial charge >= 0.3 is 11.9 Å². The normalized spacial score (nSPS) is 13.8. The van der Waals surface area contributed by atoms with Gasteiger partial charge in [-0.15, -0.1) is 0 Å². The number of hydrazine groups is 1. The molecule has 0 aliphatic heterocycles. The van der Waals surface area contributed by atoms with Crippen LogP contribution >= 0.6 is 0 Å². The van der Waals surface area contributed by atoms with E-state index in [4.69, 9.17) is 10.9 Å². The molecule has 0 spiro atoms. The smallest absolute Gasteiger partial charge is 0.328 e. The maximum atomic E-state index is 12.8. The number of aliphatic hydroxyl groups excluding tert-OH is 1. The van der Waals surface area contributed by atoms with Gasteiger partial charge in [0.1, 0.15) is 18.2 Å². The van der Waals surface area contributed by atoms with E-state index in [0.717, 1.165) is 5.56 Å². The Morgan fingerprint density at radius 3 is 2.19 bits per heavy atom. The summed E-state index contributed by atoms with van der Waals surface area (Å²) < 4.78 is 0. The van der Waals surface area contributed by atoms with Crippen molar-refractivity contribution in [2.45, 2.75) is 64.1 Å². The Morgan fingerprint density at radius 1 is 1.06 bits per heavy atom. The van der Waals surface area contributed by atoms with Crippen molar-refractivity contribution in [2.75, 3.05) is 0 Å². The molecule has 0 aromatic heterocycles. The molecule has 10 nitrogen and oxygen atoms in total. The second-order valence-electron chi connectivity index (χ2n) is 7.76. The number of hydrogen-bond acceptors (Lipinski definition) is 6. The first-order chi connectivity index (χ1) is 14.5. The highest BCUT2D eigenvalue weighted by atomic mass is 16.4. The fraction of sp³-hybridized carbons (Fsp3) is 0.524. The molecule has 0 unspecified atom stereocenters. The van der Waals surface area contributed by atoms with E-state index in [1.54, 1.807) is 13.8 Å². The molecule has 0 aliphatic rings. The summed E-state index contributed by atoms with van der Waals surface area (Å²) in [6.45, 7) is 3.61. The monoisotopic (exact) mass is 437 g/mol. The Bertz CT molecular complexity index is 755. The Balaban J connectivity index is 2.82. The summed E-state index contributed by atoms with van der Waals surface area (Å²) in [6.07, 6.45) is -1.48. The average molecular weight is 437 g/mol. The lowest BCUT2D eigenvalue weighted by molar-refractivity contribution is -0.153. The predicted octanol–water partition coefficient (Wildman–Crippen LogP) is 0.531. The number of carbonyl (C=O) groups is 4. The van der Waals surface area contributed by atoms with Crippen LogP contribution in [0.15, 0.2) is 30.3 Å². The minimum absolute atomic E-state index is 0.0496. The third kappa shape index (κ3) is 9.14. The fourth-order valence-electron chi connectivity index (χ4n) is 3.02. The molecule has 1 aromatic rings. The molecule has 0 radical (unpaired) electrons. The van der Waals surface area contributed by atoms with Gasteiger partial charge in [0, 0.05) is 6.42 Å². The lowest BCUT2D eigenvalue weighted by Crippen LogP contribution is -2.58. The number of carbonyl (C=O) groups excluding carboxylic acids is 2. The number of benzene rings is 1. The molecule has 0 fully saturated rings. The number of nitrogens with zero attached hydrogens (tertiary/aromatic N) is 1. The van der Waals surface area contributed by atoms with Crippen molar-refractivity contribution < 1.29 is 34.5 Å². The van der Waals surface area contributed by atoms with Crippen molar-refractivity contribution >= 4 is 23.8 Å². The number of aliphatic hydroxyl groups is 1. The molecule has 10 heteroatoms. The summed E-state index contributed by atoms with van der Waals surface area (Å²) in [6, 6.07) is 6.56. The summed E-state index contributed by atoms with van der Waals surface area (Å²) in [7, 11) is 0. The van der Waals surface area contributed by atoms with Crippen molar-refractivity contribution in [1.82, 2.24) is 10.3 Å².